The minimum atomic E-state index is -0.261. The fraction of sp³-hybridized carbons (Fsp3) is 0.125. The number of anilines is 3. The number of carbonyl (C=O) groups is 1. The number of carbonyl (C=O) groups excluding carboxylic acids is 1. The fourth-order valence-electron chi connectivity index (χ4n) is 4.02. The maximum absolute atomic E-state index is 12.8. The summed E-state index contributed by atoms with van der Waals surface area (Å²) in [6.45, 7) is 1.55. The molecule has 1 aliphatic rings. The lowest BCUT2D eigenvalue weighted by Crippen LogP contribution is -2.33. The Labute approximate surface area is 179 Å². The van der Waals surface area contributed by atoms with Crippen LogP contribution in [0.15, 0.2) is 73.1 Å². The average Bonchev–Trinajstić information content (AvgIpc) is 2.82. The lowest BCUT2D eigenvalue weighted by molar-refractivity contribution is 0.0964. The van der Waals surface area contributed by atoms with Crippen molar-refractivity contribution in [1.82, 2.24) is 15.4 Å². The van der Waals surface area contributed by atoms with Gasteiger partial charge < -0.3 is 10.6 Å². The molecule has 7 heteroatoms. The first-order valence-corrected chi connectivity index (χ1v) is 10.2. The third-order valence-corrected chi connectivity index (χ3v) is 5.62. The first-order chi connectivity index (χ1) is 15.2. The monoisotopic (exact) mass is 410 g/mol. The molecule has 0 unspecified atom stereocenters. The maximum atomic E-state index is 12.8. The third-order valence-electron chi connectivity index (χ3n) is 5.62. The summed E-state index contributed by atoms with van der Waals surface area (Å²) >= 11 is 0. The number of nitrogens with one attached hydrogen (secondary N) is 2. The molecule has 5 rings (SSSR count). The molecule has 2 heterocycles. The molecule has 1 aliphatic heterocycles. The summed E-state index contributed by atoms with van der Waals surface area (Å²) in [4.78, 5) is 23.6. The van der Waals surface area contributed by atoms with Crippen LogP contribution in [0.4, 0.5) is 17.3 Å². The van der Waals surface area contributed by atoms with E-state index in [0.29, 0.717) is 22.9 Å². The second kappa shape index (κ2) is 7.95. The molecule has 7 nitrogen and oxygen atoms in total. The second-order valence-corrected chi connectivity index (χ2v) is 7.51. The maximum Gasteiger partial charge on any atom is 0.270 e. The smallest absolute Gasteiger partial charge is 0.270 e. The molecule has 0 saturated carbocycles. The Kier molecular flexibility index (Phi) is 4.84. The molecule has 0 aliphatic carbocycles. The van der Waals surface area contributed by atoms with Crippen molar-refractivity contribution >= 4 is 34.0 Å². The van der Waals surface area contributed by atoms with Crippen molar-refractivity contribution < 1.29 is 4.79 Å². The number of hydrogen-bond acceptors (Lipinski definition) is 6. The zero-order chi connectivity index (χ0) is 21.2. The van der Waals surface area contributed by atoms with Crippen LogP contribution in [0.5, 0.6) is 0 Å². The van der Waals surface area contributed by atoms with Gasteiger partial charge in [0.05, 0.1) is 0 Å². The zero-order valence-corrected chi connectivity index (χ0v) is 16.9. The number of nitrogen functional groups attached to an aromatic ring is 1. The van der Waals surface area contributed by atoms with Crippen molar-refractivity contribution in [2.75, 3.05) is 22.6 Å². The van der Waals surface area contributed by atoms with E-state index in [0.717, 1.165) is 30.3 Å². The van der Waals surface area contributed by atoms with Gasteiger partial charge in [0, 0.05) is 18.7 Å². The highest BCUT2D eigenvalue weighted by molar-refractivity contribution is 6.07. The predicted octanol–water partition coefficient (Wildman–Crippen LogP) is 3.53. The van der Waals surface area contributed by atoms with Gasteiger partial charge in [-0.1, -0.05) is 60.7 Å². The molecule has 4 aromatic rings. The molecule has 4 N–H and O–H groups in total. The number of benzene rings is 3. The molecule has 0 radical (unpaired) electrons. The Balaban J connectivity index is 1.34. The van der Waals surface area contributed by atoms with E-state index in [9.17, 15) is 4.79 Å². The van der Waals surface area contributed by atoms with E-state index in [4.69, 9.17) is 5.73 Å². The second-order valence-electron chi connectivity index (χ2n) is 7.51. The molecular formula is C24H22N6O. The van der Waals surface area contributed by atoms with Crippen LogP contribution >= 0.6 is 0 Å². The number of amides is 1. The highest BCUT2D eigenvalue weighted by atomic mass is 16.2. The molecule has 0 atom stereocenters. The number of nitrogens with two attached hydrogens (primary N) is 1. The van der Waals surface area contributed by atoms with Crippen molar-refractivity contribution in [1.29, 1.82) is 0 Å². The standard InChI is InChI=1S/C24H22N6O/c25-21-22(28-29-24(31)20-11-5-9-17-7-3-4-10-19(17)20)26-15-27-23(21)30-13-12-16-6-1-2-8-18(16)14-30/h1-11,15H,12-14,25H2,(H,29,31)(H,26,27,28). The van der Waals surface area contributed by atoms with E-state index < -0.39 is 0 Å². The van der Waals surface area contributed by atoms with Gasteiger partial charge in [0.2, 0.25) is 0 Å². The summed E-state index contributed by atoms with van der Waals surface area (Å²) in [5.41, 5.74) is 15.6. The molecule has 0 fully saturated rings. The van der Waals surface area contributed by atoms with Gasteiger partial charge in [-0.05, 0) is 34.4 Å². The summed E-state index contributed by atoms with van der Waals surface area (Å²) in [7, 11) is 0. The van der Waals surface area contributed by atoms with Gasteiger partial charge in [-0.3, -0.25) is 15.6 Å². The van der Waals surface area contributed by atoms with Crippen LogP contribution in [0.3, 0.4) is 0 Å². The number of nitrogens with zero attached hydrogens (tertiary/aromatic N) is 3. The van der Waals surface area contributed by atoms with Gasteiger partial charge in [-0.25, -0.2) is 9.97 Å². The van der Waals surface area contributed by atoms with Crippen LogP contribution in [0.25, 0.3) is 10.8 Å². The van der Waals surface area contributed by atoms with Gasteiger partial charge in [-0.15, -0.1) is 0 Å². The molecule has 0 bridgehead atoms. The van der Waals surface area contributed by atoms with Crippen LogP contribution in [0.1, 0.15) is 21.5 Å². The van der Waals surface area contributed by atoms with E-state index in [2.05, 4.69) is 43.9 Å². The van der Waals surface area contributed by atoms with Crippen molar-refractivity contribution in [3.05, 3.63) is 89.7 Å². The minimum Gasteiger partial charge on any atom is -0.393 e. The quantitative estimate of drug-likeness (QED) is 0.446. The Morgan fingerprint density at radius 2 is 1.71 bits per heavy atom. The molecule has 154 valence electrons. The number of hydrazine groups is 1. The summed E-state index contributed by atoms with van der Waals surface area (Å²) in [6.07, 6.45) is 2.39. The molecule has 3 aromatic carbocycles. The van der Waals surface area contributed by atoms with E-state index in [-0.39, 0.29) is 5.91 Å². The van der Waals surface area contributed by atoms with Gasteiger partial charge >= 0.3 is 0 Å². The van der Waals surface area contributed by atoms with Crippen molar-refractivity contribution in [3.8, 4) is 0 Å². The zero-order valence-electron chi connectivity index (χ0n) is 16.9. The summed E-state index contributed by atoms with van der Waals surface area (Å²) in [5, 5.41) is 1.89. The summed E-state index contributed by atoms with van der Waals surface area (Å²) < 4.78 is 0. The molecular weight excluding hydrogens is 388 g/mol. The highest BCUT2D eigenvalue weighted by Crippen LogP contribution is 2.30. The van der Waals surface area contributed by atoms with Gasteiger partial charge in [0.25, 0.3) is 5.91 Å². The fourth-order valence-corrected chi connectivity index (χ4v) is 4.02. The number of aromatic nitrogens is 2. The van der Waals surface area contributed by atoms with E-state index in [1.54, 1.807) is 6.07 Å². The summed E-state index contributed by atoms with van der Waals surface area (Å²) in [6, 6.07) is 21.8. The van der Waals surface area contributed by atoms with Crippen LogP contribution in [-0.4, -0.2) is 22.4 Å². The van der Waals surface area contributed by atoms with E-state index in [1.165, 1.54) is 17.5 Å². The Bertz CT molecular complexity index is 1270. The minimum absolute atomic E-state index is 0.261. The Hall–Kier alpha value is -4.13. The van der Waals surface area contributed by atoms with Gasteiger partial charge in [0.15, 0.2) is 11.6 Å². The third kappa shape index (κ3) is 3.61. The van der Waals surface area contributed by atoms with E-state index >= 15 is 0 Å². The highest BCUT2D eigenvalue weighted by Gasteiger charge is 2.21. The first-order valence-electron chi connectivity index (χ1n) is 10.2. The Morgan fingerprint density at radius 3 is 2.61 bits per heavy atom. The normalized spacial score (nSPS) is 13.0. The van der Waals surface area contributed by atoms with E-state index in [1.807, 2.05) is 42.5 Å². The van der Waals surface area contributed by atoms with Crippen molar-refractivity contribution in [2.24, 2.45) is 0 Å². The van der Waals surface area contributed by atoms with Crippen LogP contribution in [0.2, 0.25) is 0 Å². The number of fused-ring (bicyclic) bond motifs is 2. The van der Waals surface area contributed by atoms with Crippen LogP contribution in [0, 0.1) is 0 Å². The largest absolute Gasteiger partial charge is 0.393 e. The Morgan fingerprint density at radius 1 is 0.935 bits per heavy atom. The van der Waals surface area contributed by atoms with Gasteiger partial charge in [-0.2, -0.15) is 0 Å². The number of hydrogen-bond donors (Lipinski definition) is 3. The molecule has 31 heavy (non-hydrogen) atoms. The SMILES string of the molecule is Nc1c(NNC(=O)c2cccc3ccccc23)ncnc1N1CCc2ccccc2C1. The number of rotatable bonds is 4. The molecule has 0 saturated heterocycles. The van der Waals surface area contributed by atoms with Crippen molar-refractivity contribution in [2.45, 2.75) is 13.0 Å². The van der Waals surface area contributed by atoms with Crippen LogP contribution < -0.4 is 21.5 Å². The lowest BCUT2D eigenvalue weighted by Gasteiger charge is -2.30. The van der Waals surface area contributed by atoms with Crippen LogP contribution in [-0.2, 0) is 13.0 Å². The van der Waals surface area contributed by atoms with Gasteiger partial charge in [0.1, 0.15) is 12.0 Å². The predicted molar refractivity (Wildman–Crippen MR) is 123 cm³/mol. The molecule has 1 aromatic heterocycles. The molecule has 0 spiro atoms. The lowest BCUT2D eigenvalue weighted by atomic mass is 10.00. The summed E-state index contributed by atoms with van der Waals surface area (Å²) in [5.74, 6) is 0.770. The van der Waals surface area contributed by atoms with Crippen molar-refractivity contribution in [3.63, 3.8) is 0 Å². The molecule has 1 amide bonds. The topological polar surface area (TPSA) is 96.2 Å². The first kappa shape index (κ1) is 18.9. The average molecular weight is 410 g/mol.